The van der Waals surface area contributed by atoms with E-state index in [1.54, 1.807) is 30.5 Å². The summed E-state index contributed by atoms with van der Waals surface area (Å²) in [4.78, 5) is 28.8. The Labute approximate surface area is 167 Å². The molecule has 1 aliphatic heterocycles. The van der Waals surface area contributed by atoms with Crippen molar-refractivity contribution >= 4 is 17.6 Å². The van der Waals surface area contributed by atoms with Gasteiger partial charge in [0, 0.05) is 12.6 Å². The molecule has 7 nitrogen and oxygen atoms in total. The van der Waals surface area contributed by atoms with Gasteiger partial charge in [-0.2, -0.15) is 5.10 Å². The van der Waals surface area contributed by atoms with Crippen LogP contribution in [0.1, 0.15) is 39.8 Å². The predicted octanol–water partition coefficient (Wildman–Crippen LogP) is 3.52. The monoisotopic (exact) mass is 389 g/mol. The Hall–Kier alpha value is -3.74. The van der Waals surface area contributed by atoms with E-state index in [0.717, 1.165) is 16.8 Å². The number of aromatic nitrogens is 1. The first kappa shape index (κ1) is 18.6. The summed E-state index contributed by atoms with van der Waals surface area (Å²) in [6.45, 7) is 1.58. The summed E-state index contributed by atoms with van der Waals surface area (Å²) in [6, 6.07) is 16.0. The number of benzene rings is 1. The predicted molar refractivity (Wildman–Crippen MR) is 105 cm³/mol. The molecule has 7 heteroatoms. The van der Waals surface area contributed by atoms with Crippen LogP contribution in [-0.2, 0) is 9.53 Å². The number of esters is 1. The van der Waals surface area contributed by atoms with Gasteiger partial charge in [-0.15, -0.1) is 0 Å². The highest BCUT2D eigenvalue weighted by molar-refractivity contribution is 6.03. The van der Waals surface area contributed by atoms with Crippen LogP contribution >= 0.6 is 0 Å². The highest BCUT2D eigenvalue weighted by Gasteiger charge is 2.35. The van der Waals surface area contributed by atoms with Gasteiger partial charge in [0.15, 0.2) is 6.61 Å². The van der Waals surface area contributed by atoms with Gasteiger partial charge in [-0.1, -0.05) is 35.9 Å². The van der Waals surface area contributed by atoms with Gasteiger partial charge in [-0.25, -0.2) is 14.8 Å². The van der Waals surface area contributed by atoms with Gasteiger partial charge in [0.2, 0.25) is 0 Å². The minimum atomic E-state index is -0.657. The summed E-state index contributed by atoms with van der Waals surface area (Å²) < 4.78 is 10.6. The van der Waals surface area contributed by atoms with E-state index in [9.17, 15) is 9.59 Å². The lowest BCUT2D eigenvalue weighted by Gasteiger charge is -2.19. The average molecular weight is 389 g/mol. The van der Waals surface area contributed by atoms with Crippen molar-refractivity contribution in [2.24, 2.45) is 5.10 Å². The van der Waals surface area contributed by atoms with Crippen LogP contribution < -0.4 is 0 Å². The fourth-order valence-corrected chi connectivity index (χ4v) is 3.11. The Morgan fingerprint density at radius 1 is 1.14 bits per heavy atom. The first-order chi connectivity index (χ1) is 14.1. The average Bonchev–Trinajstić information content (AvgIpc) is 3.43. The van der Waals surface area contributed by atoms with Gasteiger partial charge in [-0.05, 0) is 36.8 Å². The Morgan fingerprint density at radius 2 is 1.97 bits per heavy atom. The quantitative estimate of drug-likeness (QED) is 0.624. The number of pyridine rings is 1. The van der Waals surface area contributed by atoms with Crippen LogP contribution in [0.4, 0.5) is 0 Å². The van der Waals surface area contributed by atoms with E-state index in [2.05, 4.69) is 10.1 Å². The summed E-state index contributed by atoms with van der Waals surface area (Å²) in [5, 5.41) is 5.84. The zero-order chi connectivity index (χ0) is 20.2. The number of hydrogen-bond donors (Lipinski definition) is 0. The topological polar surface area (TPSA) is 85.0 Å². The van der Waals surface area contributed by atoms with Crippen molar-refractivity contribution in [2.45, 2.75) is 19.4 Å². The van der Waals surface area contributed by atoms with Gasteiger partial charge in [0.25, 0.3) is 5.91 Å². The maximum atomic E-state index is 12.8. The van der Waals surface area contributed by atoms with E-state index in [1.165, 1.54) is 17.3 Å². The molecule has 0 unspecified atom stereocenters. The first-order valence-corrected chi connectivity index (χ1v) is 9.20. The number of furan rings is 1. The van der Waals surface area contributed by atoms with Crippen molar-refractivity contribution in [3.63, 3.8) is 0 Å². The zero-order valence-corrected chi connectivity index (χ0v) is 15.8. The van der Waals surface area contributed by atoms with Gasteiger partial charge in [0.05, 0.1) is 12.0 Å². The van der Waals surface area contributed by atoms with Crippen LogP contribution in [-0.4, -0.2) is 34.2 Å². The number of nitrogens with zero attached hydrogens (tertiary/aromatic N) is 3. The van der Waals surface area contributed by atoms with Gasteiger partial charge >= 0.3 is 5.97 Å². The molecule has 29 heavy (non-hydrogen) atoms. The van der Waals surface area contributed by atoms with Gasteiger partial charge in [-0.3, -0.25) is 4.79 Å². The highest BCUT2D eigenvalue weighted by atomic mass is 16.5. The van der Waals surface area contributed by atoms with E-state index in [4.69, 9.17) is 9.15 Å². The molecule has 1 aliphatic rings. The first-order valence-electron chi connectivity index (χ1n) is 9.20. The third-order valence-corrected chi connectivity index (χ3v) is 4.62. The molecule has 0 saturated heterocycles. The molecule has 0 bridgehead atoms. The Morgan fingerprint density at radius 3 is 2.66 bits per heavy atom. The third kappa shape index (κ3) is 4.08. The lowest BCUT2D eigenvalue weighted by atomic mass is 10.0. The van der Waals surface area contributed by atoms with E-state index in [-0.39, 0.29) is 11.7 Å². The summed E-state index contributed by atoms with van der Waals surface area (Å²) in [5.74, 6) is -0.464. The second kappa shape index (κ2) is 8.10. The number of hydrazone groups is 1. The third-order valence-electron chi connectivity index (χ3n) is 4.62. The van der Waals surface area contributed by atoms with Crippen LogP contribution in [0.2, 0.25) is 0 Å². The summed E-state index contributed by atoms with van der Waals surface area (Å²) in [7, 11) is 0. The highest BCUT2D eigenvalue weighted by Crippen LogP contribution is 2.33. The number of hydrogen-bond acceptors (Lipinski definition) is 6. The fraction of sp³-hybridized carbons (Fsp3) is 0.182. The van der Waals surface area contributed by atoms with Crippen molar-refractivity contribution in [3.8, 4) is 0 Å². The molecule has 0 N–H and O–H groups in total. The molecular weight excluding hydrogens is 370 g/mol. The standard InChI is InChI=1S/C22H19N3O4/c1-15-7-9-16(10-8-15)18-13-19(20-6-4-12-28-20)25(24-18)21(26)14-29-22(27)17-5-2-3-11-23-17/h2-12,19H,13-14H2,1H3/t19-/m1/s1. The number of carbonyl (C=O) groups excluding carboxylic acids is 2. The van der Waals surface area contributed by atoms with E-state index in [1.807, 2.05) is 31.2 Å². The van der Waals surface area contributed by atoms with Crippen LogP contribution in [0.3, 0.4) is 0 Å². The largest absolute Gasteiger partial charge is 0.467 e. The molecule has 3 aromatic rings. The molecule has 2 aromatic heterocycles. The smallest absolute Gasteiger partial charge is 0.357 e. The molecule has 0 spiro atoms. The second-order valence-electron chi connectivity index (χ2n) is 6.68. The summed E-state index contributed by atoms with van der Waals surface area (Å²) in [5.41, 5.74) is 3.00. The zero-order valence-electron chi connectivity index (χ0n) is 15.8. The van der Waals surface area contributed by atoms with Crippen molar-refractivity contribution < 1.29 is 18.7 Å². The lowest BCUT2D eigenvalue weighted by molar-refractivity contribution is -0.136. The Balaban J connectivity index is 1.52. The molecule has 0 aliphatic carbocycles. The summed E-state index contributed by atoms with van der Waals surface area (Å²) in [6.07, 6.45) is 3.56. The van der Waals surface area contributed by atoms with Crippen molar-refractivity contribution in [2.75, 3.05) is 6.61 Å². The molecule has 1 amide bonds. The minimum Gasteiger partial charge on any atom is -0.467 e. The van der Waals surface area contributed by atoms with Crippen LogP contribution in [0.15, 0.2) is 76.6 Å². The SMILES string of the molecule is Cc1ccc(C2=NN(C(=O)COC(=O)c3ccccn3)[C@@H](c3ccco3)C2)cc1. The molecule has 3 heterocycles. The van der Waals surface area contributed by atoms with Gasteiger partial charge in [0.1, 0.15) is 17.5 Å². The number of carbonyl (C=O) groups is 2. The van der Waals surface area contributed by atoms with Crippen molar-refractivity contribution in [1.82, 2.24) is 9.99 Å². The van der Waals surface area contributed by atoms with Crippen molar-refractivity contribution in [3.05, 3.63) is 89.6 Å². The second-order valence-corrected chi connectivity index (χ2v) is 6.68. The maximum Gasteiger partial charge on any atom is 0.357 e. The van der Waals surface area contributed by atoms with Crippen molar-refractivity contribution in [1.29, 1.82) is 0 Å². The number of amides is 1. The van der Waals surface area contributed by atoms with Crippen LogP contribution in [0, 0.1) is 6.92 Å². The fourth-order valence-electron chi connectivity index (χ4n) is 3.11. The van der Waals surface area contributed by atoms with E-state index >= 15 is 0 Å². The van der Waals surface area contributed by atoms with E-state index in [0.29, 0.717) is 12.2 Å². The molecule has 0 saturated carbocycles. The molecule has 1 aromatic carbocycles. The molecule has 0 fully saturated rings. The number of aryl methyl sites for hydroxylation is 1. The molecule has 146 valence electrons. The van der Waals surface area contributed by atoms with E-state index < -0.39 is 18.5 Å². The van der Waals surface area contributed by atoms with Crippen LogP contribution in [0.25, 0.3) is 0 Å². The van der Waals surface area contributed by atoms with Gasteiger partial charge < -0.3 is 9.15 Å². The Bertz CT molecular complexity index is 1030. The lowest BCUT2D eigenvalue weighted by Crippen LogP contribution is -2.31. The molecular formula is C22H19N3O4. The summed E-state index contributed by atoms with van der Waals surface area (Å²) >= 11 is 0. The minimum absolute atomic E-state index is 0.146. The number of ether oxygens (including phenoxy) is 1. The Kier molecular flexibility index (Phi) is 5.20. The number of rotatable bonds is 5. The molecule has 0 radical (unpaired) electrons. The van der Waals surface area contributed by atoms with Crippen LogP contribution in [0.5, 0.6) is 0 Å². The molecule has 4 rings (SSSR count). The normalized spacial score (nSPS) is 15.8. The molecule has 1 atom stereocenters. The maximum absolute atomic E-state index is 12.8.